The molecule has 6 heteroatoms. The van der Waals surface area contributed by atoms with E-state index in [-0.39, 0.29) is 11.0 Å². The number of unbranched alkanes of at least 4 members (excludes halogenated alkanes) is 8. The Labute approximate surface area is 149 Å². The first-order valence-electron chi connectivity index (χ1n) is 9.10. The van der Waals surface area contributed by atoms with Crippen LogP contribution in [0.3, 0.4) is 0 Å². The lowest BCUT2D eigenvalue weighted by Gasteiger charge is -2.28. The minimum Gasteiger partial charge on any atom is -0.374 e. The summed E-state index contributed by atoms with van der Waals surface area (Å²) in [6.07, 6.45) is 11.4. The zero-order valence-corrected chi connectivity index (χ0v) is 15.9. The smallest absolute Gasteiger partial charge is 0.374 e. The summed E-state index contributed by atoms with van der Waals surface area (Å²) in [7, 11) is -2.42. The van der Waals surface area contributed by atoms with Gasteiger partial charge in [0.1, 0.15) is 6.29 Å². The van der Waals surface area contributed by atoms with Gasteiger partial charge in [-0.05, 0) is 44.6 Å². The van der Waals surface area contributed by atoms with E-state index in [2.05, 4.69) is 0 Å². The minimum absolute atomic E-state index is 0. The van der Waals surface area contributed by atoms with E-state index in [4.69, 9.17) is 13.3 Å². The Morgan fingerprint density at radius 1 is 0.696 bits per heavy atom. The Morgan fingerprint density at radius 2 is 1.09 bits per heavy atom. The van der Waals surface area contributed by atoms with Crippen molar-refractivity contribution in [1.82, 2.24) is 0 Å². The number of rotatable bonds is 17. The molecule has 0 aliphatic heterocycles. The third-order valence-electron chi connectivity index (χ3n) is 3.65. The SMILES string of the molecule is CCO[Si](CCCCCCCCCCC=O)(OCC)OCC.[SiH4]. The predicted molar refractivity (Wildman–Crippen MR) is 104 cm³/mol. The molecule has 0 rings (SSSR count). The lowest BCUT2D eigenvalue weighted by atomic mass is 10.1. The van der Waals surface area contributed by atoms with E-state index in [1.807, 2.05) is 20.8 Å². The molecule has 0 aliphatic carbocycles. The molecule has 0 saturated heterocycles. The normalized spacial score (nSPS) is 11.3. The number of aldehydes is 1. The lowest BCUT2D eigenvalue weighted by Crippen LogP contribution is -2.45. The van der Waals surface area contributed by atoms with Crippen LogP contribution in [0.4, 0.5) is 0 Å². The maximum absolute atomic E-state index is 10.2. The highest BCUT2D eigenvalue weighted by molar-refractivity contribution is 6.60. The van der Waals surface area contributed by atoms with Gasteiger partial charge in [-0.3, -0.25) is 0 Å². The molecule has 0 bridgehead atoms. The van der Waals surface area contributed by atoms with Crippen molar-refractivity contribution < 1.29 is 18.1 Å². The molecular weight excluding hydrogens is 324 g/mol. The molecular formula is C17H40O4Si2. The van der Waals surface area contributed by atoms with Gasteiger partial charge in [0.15, 0.2) is 0 Å². The van der Waals surface area contributed by atoms with Gasteiger partial charge in [-0.15, -0.1) is 0 Å². The number of carbonyl (C=O) groups excluding carboxylic acids is 1. The van der Waals surface area contributed by atoms with Crippen LogP contribution in [0.15, 0.2) is 0 Å². The van der Waals surface area contributed by atoms with Crippen molar-refractivity contribution in [2.75, 3.05) is 19.8 Å². The second-order valence-electron chi connectivity index (χ2n) is 5.52. The van der Waals surface area contributed by atoms with Crippen molar-refractivity contribution in [3.63, 3.8) is 0 Å². The molecule has 140 valence electrons. The third-order valence-corrected chi connectivity index (χ3v) is 6.80. The monoisotopic (exact) mass is 364 g/mol. The van der Waals surface area contributed by atoms with E-state index >= 15 is 0 Å². The van der Waals surface area contributed by atoms with Crippen molar-refractivity contribution >= 4 is 26.1 Å². The van der Waals surface area contributed by atoms with Gasteiger partial charge in [0.25, 0.3) is 0 Å². The van der Waals surface area contributed by atoms with E-state index in [9.17, 15) is 4.79 Å². The molecule has 0 saturated carbocycles. The highest BCUT2D eigenvalue weighted by Gasteiger charge is 2.39. The summed E-state index contributed by atoms with van der Waals surface area (Å²) in [5, 5.41) is 0. The molecule has 0 heterocycles. The number of hydrogen-bond donors (Lipinski definition) is 0. The first kappa shape index (κ1) is 25.2. The highest BCUT2D eigenvalue weighted by atomic mass is 28.4. The molecule has 0 N–H and O–H groups in total. The minimum atomic E-state index is -2.42. The van der Waals surface area contributed by atoms with Gasteiger partial charge in [-0.1, -0.05) is 38.5 Å². The van der Waals surface area contributed by atoms with E-state index in [0.29, 0.717) is 19.8 Å². The second kappa shape index (κ2) is 18.3. The fourth-order valence-electron chi connectivity index (χ4n) is 2.63. The Hall–Kier alpha value is -0.0162. The van der Waals surface area contributed by atoms with Crippen LogP contribution in [-0.4, -0.2) is 45.9 Å². The molecule has 0 unspecified atom stereocenters. The molecule has 0 amide bonds. The molecule has 0 aromatic heterocycles. The third kappa shape index (κ3) is 14.1. The van der Waals surface area contributed by atoms with E-state index < -0.39 is 8.80 Å². The van der Waals surface area contributed by atoms with Crippen molar-refractivity contribution in [2.24, 2.45) is 0 Å². The van der Waals surface area contributed by atoms with E-state index in [1.165, 1.54) is 38.5 Å². The Bertz CT molecular complexity index is 236. The first-order valence-corrected chi connectivity index (χ1v) is 11.0. The topological polar surface area (TPSA) is 44.8 Å². The zero-order chi connectivity index (χ0) is 16.5. The Kier molecular flexibility index (Phi) is 20.1. The molecule has 0 fully saturated rings. The van der Waals surface area contributed by atoms with Crippen molar-refractivity contribution in [1.29, 1.82) is 0 Å². The van der Waals surface area contributed by atoms with Gasteiger partial charge in [-0.25, -0.2) is 0 Å². The highest BCUT2D eigenvalue weighted by Crippen LogP contribution is 2.20. The average Bonchev–Trinajstić information content (AvgIpc) is 2.50. The van der Waals surface area contributed by atoms with Crippen molar-refractivity contribution in [2.45, 2.75) is 84.6 Å². The second-order valence-corrected chi connectivity index (χ2v) is 8.25. The van der Waals surface area contributed by atoms with E-state index in [0.717, 1.165) is 31.6 Å². The molecule has 23 heavy (non-hydrogen) atoms. The standard InChI is InChI=1S/C17H36O4Si.H4Si/c1-4-19-22(20-5-2,21-6-3)17-15-13-11-9-7-8-10-12-14-16-18;/h16H,4-15,17H2,1-3H3;1H4. The number of hydrogen-bond acceptors (Lipinski definition) is 4. The molecule has 0 atom stereocenters. The van der Waals surface area contributed by atoms with Gasteiger partial charge < -0.3 is 18.1 Å². The molecule has 4 nitrogen and oxygen atoms in total. The van der Waals surface area contributed by atoms with Gasteiger partial charge in [0.2, 0.25) is 0 Å². The van der Waals surface area contributed by atoms with Gasteiger partial charge in [0.05, 0.1) is 0 Å². The molecule has 0 radical (unpaired) electrons. The van der Waals surface area contributed by atoms with Gasteiger partial charge in [0, 0.05) is 32.3 Å². The predicted octanol–water partition coefficient (Wildman–Crippen LogP) is 3.29. The number of carbonyl (C=O) groups is 1. The van der Waals surface area contributed by atoms with Crippen LogP contribution in [0.25, 0.3) is 0 Å². The maximum atomic E-state index is 10.2. The van der Waals surface area contributed by atoms with Crippen LogP contribution < -0.4 is 0 Å². The lowest BCUT2D eigenvalue weighted by molar-refractivity contribution is -0.107. The fraction of sp³-hybridized carbons (Fsp3) is 0.941. The average molecular weight is 365 g/mol. The van der Waals surface area contributed by atoms with Crippen LogP contribution in [0.2, 0.25) is 6.04 Å². The first-order chi connectivity index (χ1) is 10.7. The fourth-order valence-corrected chi connectivity index (χ4v) is 5.32. The largest absolute Gasteiger partial charge is 0.500 e. The van der Waals surface area contributed by atoms with Crippen LogP contribution in [-0.2, 0) is 18.1 Å². The van der Waals surface area contributed by atoms with Gasteiger partial charge >= 0.3 is 8.80 Å². The summed E-state index contributed by atoms with van der Waals surface area (Å²) >= 11 is 0. The molecule has 0 aromatic carbocycles. The van der Waals surface area contributed by atoms with Gasteiger partial charge in [-0.2, -0.15) is 0 Å². The molecule has 0 spiro atoms. The van der Waals surface area contributed by atoms with Crippen LogP contribution >= 0.6 is 0 Å². The van der Waals surface area contributed by atoms with Crippen LogP contribution in [0, 0.1) is 0 Å². The molecule has 0 aromatic rings. The van der Waals surface area contributed by atoms with Crippen LogP contribution in [0.1, 0.15) is 78.6 Å². The summed E-state index contributed by atoms with van der Waals surface area (Å²) in [5.74, 6) is 0. The van der Waals surface area contributed by atoms with Crippen molar-refractivity contribution in [3.05, 3.63) is 0 Å². The summed E-state index contributed by atoms with van der Waals surface area (Å²) in [5.41, 5.74) is 0. The maximum Gasteiger partial charge on any atom is 0.500 e. The quantitative estimate of drug-likeness (QED) is 0.226. The van der Waals surface area contributed by atoms with Crippen LogP contribution in [0.5, 0.6) is 0 Å². The summed E-state index contributed by atoms with van der Waals surface area (Å²) in [4.78, 5) is 10.2. The summed E-state index contributed by atoms with van der Waals surface area (Å²) < 4.78 is 17.6. The summed E-state index contributed by atoms with van der Waals surface area (Å²) in [6.45, 7) is 7.99. The molecule has 0 aliphatic rings. The van der Waals surface area contributed by atoms with Crippen molar-refractivity contribution in [3.8, 4) is 0 Å². The Morgan fingerprint density at radius 3 is 1.48 bits per heavy atom. The van der Waals surface area contributed by atoms with E-state index in [1.54, 1.807) is 0 Å². The Balaban J connectivity index is 0. The zero-order valence-electron chi connectivity index (χ0n) is 14.9. The summed E-state index contributed by atoms with van der Waals surface area (Å²) in [6, 6.07) is 0.932.